The van der Waals surface area contributed by atoms with Crippen molar-refractivity contribution in [3.8, 4) is 5.75 Å². The van der Waals surface area contributed by atoms with Gasteiger partial charge in [-0.3, -0.25) is 9.59 Å². The lowest BCUT2D eigenvalue weighted by molar-refractivity contribution is -0.139. The molecule has 1 aromatic carbocycles. The van der Waals surface area contributed by atoms with Crippen LogP contribution in [-0.2, 0) is 9.59 Å². The van der Waals surface area contributed by atoms with Crippen molar-refractivity contribution in [2.24, 2.45) is 0 Å². The number of carboxylic acids is 1. The number of halogens is 1. The zero-order valence-electron chi connectivity index (χ0n) is 10.9. The summed E-state index contributed by atoms with van der Waals surface area (Å²) in [7, 11) is 0. The van der Waals surface area contributed by atoms with Crippen LogP contribution in [0.2, 0.25) is 0 Å². The predicted molar refractivity (Wildman–Crippen MR) is 68.9 cm³/mol. The summed E-state index contributed by atoms with van der Waals surface area (Å²) in [6.07, 6.45) is 1.74. The Bertz CT molecular complexity index is 484. The molecule has 1 aliphatic carbocycles. The molecule has 0 radical (unpaired) electrons. The van der Waals surface area contributed by atoms with E-state index < -0.39 is 5.97 Å². The fraction of sp³-hybridized carbons (Fsp3) is 0.429. The molecule has 20 heavy (non-hydrogen) atoms. The van der Waals surface area contributed by atoms with Crippen LogP contribution in [0.1, 0.15) is 19.3 Å². The molecule has 1 N–H and O–H groups in total. The van der Waals surface area contributed by atoms with Crippen molar-refractivity contribution in [3.63, 3.8) is 0 Å². The summed E-state index contributed by atoms with van der Waals surface area (Å²) in [6.45, 7) is 0.0351. The number of hydrogen-bond acceptors (Lipinski definition) is 3. The highest BCUT2D eigenvalue weighted by atomic mass is 19.1. The lowest BCUT2D eigenvalue weighted by atomic mass is 10.3. The van der Waals surface area contributed by atoms with Crippen LogP contribution >= 0.6 is 0 Å². The quantitative estimate of drug-likeness (QED) is 0.825. The highest BCUT2D eigenvalue weighted by Crippen LogP contribution is 2.27. The van der Waals surface area contributed by atoms with Gasteiger partial charge in [-0.1, -0.05) is 0 Å². The first-order valence-electron chi connectivity index (χ1n) is 6.46. The average Bonchev–Trinajstić information content (AvgIpc) is 3.22. The zero-order chi connectivity index (χ0) is 14.5. The highest BCUT2D eigenvalue weighted by molar-refractivity contribution is 5.79. The highest BCUT2D eigenvalue weighted by Gasteiger charge is 2.32. The van der Waals surface area contributed by atoms with Gasteiger partial charge in [-0.15, -0.1) is 0 Å². The second-order valence-corrected chi connectivity index (χ2v) is 4.70. The summed E-state index contributed by atoms with van der Waals surface area (Å²) >= 11 is 0. The van der Waals surface area contributed by atoms with Crippen molar-refractivity contribution in [2.45, 2.75) is 25.3 Å². The molecule has 6 heteroatoms. The molecule has 1 saturated carbocycles. The first-order valence-corrected chi connectivity index (χ1v) is 6.46. The molecule has 0 aliphatic heterocycles. The Morgan fingerprint density at radius 2 is 1.95 bits per heavy atom. The Morgan fingerprint density at radius 3 is 2.50 bits per heavy atom. The number of ether oxygens (including phenoxy) is 1. The molecule has 0 heterocycles. The van der Waals surface area contributed by atoms with E-state index in [1.54, 1.807) is 4.90 Å². The molecule has 0 atom stereocenters. The second-order valence-electron chi connectivity index (χ2n) is 4.70. The van der Waals surface area contributed by atoms with Crippen molar-refractivity contribution in [2.75, 3.05) is 13.2 Å². The normalized spacial score (nSPS) is 13.8. The van der Waals surface area contributed by atoms with E-state index >= 15 is 0 Å². The van der Waals surface area contributed by atoms with Crippen LogP contribution in [0.3, 0.4) is 0 Å². The summed E-state index contributed by atoms with van der Waals surface area (Å²) in [5.41, 5.74) is 0. The van der Waals surface area contributed by atoms with Gasteiger partial charge in [-0.05, 0) is 37.1 Å². The third-order valence-electron chi connectivity index (χ3n) is 3.05. The fourth-order valence-corrected chi connectivity index (χ4v) is 1.87. The molecule has 1 aliphatic rings. The number of carbonyl (C=O) groups excluding carboxylic acids is 1. The van der Waals surface area contributed by atoms with Crippen LogP contribution in [0.15, 0.2) is 24.3 Å². The van der Waals surface area contributed by atoms with Crippen LogP contribution in [0.4, 0.5) is 4.39 Å². The van der Waals surface area contributed by atoms with E-state index in [0.717, 1.165) is 12.8 Å². The summed E-state index contributed by atoms with van der Waals surface area (Å²) < 4.78 is 18.0. The van der Waals surface area contributed by atoms with Crippen LogP contribution in [-0.4, -0.2) is 41.1 Å². The van der Waals surface area contributed by atoms with E-state index in [1.165, 1.54) is 24.3 Å². The molecule has 0 aromatic heterocycles. The van der Waals surface area contributed by atoms with E-state index in [4.69, 9.17) is 9.84 Å². The maximum Gasteiger partial charge on any atom is 0.305 e. The average molecular weight is 281 g/mol. The minimum Gasteiger partial charge on any atom is -0.484 e. The molecule has 0 saturated heterocycles. The number of carboxylic acid groups (broad SMARTS) is 1. The van der Waals surface area contributed by atoms with Crippen LogP contribution in [0.25, 0.3) is 0 Å². The number of benzene rings is 1. The van der Waals surface area contributed by atoms with E-state index in [2.05, 4.69) is 0 Å². The Hall–Kier alpha value is -2.11. The number of nitrogens with zero attached hydrogens (tertiary/aromatic N) is 1. The molecule has 5 nitrogen and oxygen atoms in total. The molecule has 0 unspecified atom stereocenters. The maximum absolute atomic E-state index is 12.7. The van der Waals surface area contributed by atoms with Crippen molar-refractivity contribution < 1.29 is 23.8 Å². The summed E-state index contributed by atoms with van der Waals surface area (Å²) in [5, 5.41) is 8.68. The van der Waals surface area contributed by atoms with E-state index in [0.29, 0.717) is 5.75 Å². The lowest BCUT2D eigenvalue weighted by Crippen LogP contribution is -2.38. The molecular formula is C14H16FNO4. The monoisotopic (exact) mass is 281 g/mol. The number of amides is 1. The first kappa shape index (κ1) is 14.3. The summed E-state index contributed by atoms with van der Waals surface area (Å²) in [5.74, 6) is -1.13. The minimum atomic E-state index is -0.928. The molecule has 0 spiro atoms. The van der Waals surface area contributed by atoms with Crippen molar-refractivity contribution >= 4 is 11.9 Å². The molecule has 2 rings (SSSR count). The lowest BCUT2D eigenvalue weighted by Gasteiger charge is -2.21. The molecule has 108 valence electrons. The third-order valence-corrected chi connectivity index (χ3v) is 3.05. The first-order chi connectivity index (χ1) is 9.56. The van der Waals surface area contributed by atoms with Gasteiger partial charge in [0.15, 0.2) is 6.61 Å². The molecule has 1 amide bonds. The fourth-order valence-electron chi connectivity index (χ4n) is 1.87. The van der Waals surface area contributed by atoms with Crippen molar-refractivity contribution in [1.82, 2.24) is 4.90 Å². The van der Waals surface area contributed by atoms with Crippen LogP contribution < -0.4 is 4.74 Å². The van der Waals surface area contributed by atoms with E-state index in [9.17, 15) is 14.0 Å². The van der Waals surface area contributed by atoms with Gasteiger partial charge in [-0.25, -0.2) is 4.39 Å². The number of hydrogen-bond donors (Lipinski definition) is 1. The SMILES string of the molecule is O=C(O)CCN(C(=O)COc1ccc(F)cc1)C1CC1. The van der Waals surface area contributed by atoms with Gasteiger partial charge < -0.3 is 14.7 Å². The zero-order valence-corrected chi connectivity index (χ0v) is 10.9. The van der Waals surface area contributed by atoms with Gasteiger partial charge >= 0.3 is 5.97 Å². The minimum absolute atomic E-state index is 0.0706. The Balaban J connectivity index is 1.85. The Labute approximate surface area is 116 Å². The standard InChI is InChI=1S/C14H16FNO4/c15-10-1-5-12(6-2-10)20-9-13(17)16(11-3-4-11)8-7-14(18)19/h1-2,5-6,11H,3-4,7-9H2,(H,18,19). The van der Waals surface area contributed by atoms with Crippen LogP contribution in [0, 0.1) is 5.82 Å². The largest absolute Gasteiger partial charge is 0.484 e. The van der Waals surface area contributed by atoms with Crippen molar-refractivity contribution in [3.05, 3.63) is 30.1 Å². The molecule has 1 fully saturated rings. The summed E-state index contributed by atoms with van der Waals surface area (Å²) in [6, 6.07) is 5.53. The van der Waals surface area contributed by atoms with E-state index in [1.807, 2.05) is 0 Å². The van der Waals surface area contributed by atoms with E-state index in [-0.39, 0.29) is 37.3 Å². The topological polar surface area (TPSA) is 66.8 Å². The second kappa shape index (κ2) is 6.36. The smallest absolute Gasteiger partial charge is 0.305 e. The van der Waals surface area contributed by atoms with Gasteiger partial charge in [0.05, 0.1) is 6.42 Å². The van der Waals surface area contributed by atoms with Crippen LogP contribution in [0.5, 0.6) is 5.75 Å². The number of rotatable bonds is 7. The number of carbonyl (C=O) groups is 2. The third kappa shape index (κ3) is 4.22. The van der Waals surface area contributed by atoms with Gasteiger partial charge in [0.1, 0.15) is 11.6 Å². The van der Waals surface area contributed by atoms with Gasteiger partial charge in [0, 0.05) is 12.6 Å². The molecule has 0 bridgehead atoms. The molecular weight excluding hydrogens is 265 g/mol. The Morgan fingerprint density at radius 1 is 1.30 bits per heavy atom. The van der Waals surface area contributed by atoms with Crippen molar-refractivity contribution in [1.29, 1.82) is 0 Å². The predicted octanol–water partition coefficient (Wildman–Crippen LogP) is 1.67. The van der Waals surface area contributed by atoms with Gasteiger partial charge in [-0.2, -0.15) is 0 Å². The number of aliphatic carboxylic acids is 1. The Kier molecular flexibility index (Phi) is 4.55. The molecule has 1 aromatic rings. The van der Waals surface area contributed by atoms with Gasteiger partial charge in [0.2, 0.25) is 0 Å². The summed E-state index contributed by atoms with van der Waals surface area (Å²) in [4.78, 5) is 24.1. The van der Waals surface area contributed by atoms with Gasteiger partial charge in [0.25, 0.3) is 5.91 Å². The maximum atomic E-state index is 12.7.